The summed E-state index contributed by atoms with van der Waals surface area (Å²) in [5, 5.41) is 1.89. The zero-order valence-electron chi connectivity index (χ0n) is 10.9. The second-order valence-corrected chi connectivity index (χ2v) is 5.66. The lowest BCUT2D eigenvalue weighted by Gasteiger charge is -2.37. The smallest absolute Gasteiger partial charge is 0.268 e. The Morgan fingerprint density at radius 1 is 1.61 bits per heavy atom. The van der Waals surface area contributed by atoms with Gasteiger partial charge in [-0.1, -0.05) is 0 Å². The first-order chi connectivity index (χ1) is 8.65. The fourth-order valence-electron chi connectivity index (χ4n) is 2.50. The molecule has 0 spiro atoms. The lowest BCUT2D eigenvalue weighted by molar-refractivity contribution is 0.0586. The Morgan fingerprint density at radius 3 is 3.06 bits per heavy atom. The summed E-state index contributed by atoms with van der Waals surface area (Å²) in [7, 11) is 1.60. The average Bonchev–Trinajstić information content (AvgIpc) is 2.86. The number of likely N-dealkylation sites (tertiary alicyclic amines) is 1. The third kappa shape index (κ3) is 2.52. The van der Waals surface area contributed by atoms with E-state index in [1.165, 1.54) is 11.3 Å². The summed E-state index contributed by atoms with van der Waals surface area (Å²) in [5.74, 6) is 0.725. The number of amides is 1. The van der Waals surface area contributed by atoms with Gasteiger partial charge in [0.15, 0.2) is 0 Å². The topological polar surface area (TPSA) is 55.6 Å². The molecule has 18 heavy (non-hydrogen) atoms. The minimum absolute atomic E-state index is 0.0141. The van der Waals surface area contributed by atoms with Crippen molar-refractivity contribution in [2.75, 3.05) is 13.7 Å². The van der Waals surface area contributed by atoms with E-state index in [1.54, 1.807) is 7.11 Å². The molecular formula is C13H20N2O2S. The standard InChI is InChI=1S/C13H20N2O2S/c1-9(14)10-5-3-4-7-15(10)13(16)12-11(17-2)6-8-18-12/h6,8-10H,3-5,7,14H2,1-2H3/t9-,10-/m1/s1. The van der Waals surface area contributed by atoms with Crippen molar-refractivity contribution in [3.63, 3.8) is 0 Å². The van der Waals surface area contributed by atoms with E-state index in [1.807, 2.05) is 23.3 Å². The summed E-state index contributed by atoms with van der Waals surface area (Å²) in [5.41, 5.74) is 6.00. The number of hydrogen-bond donors (Lipinski definition) is 1. The van der Waals surface area contributed by atoms with Crippen LogP contribution in [0, 0.1) is 0 Å². The minimum Gasteiger partial charge on any atom is -0.495 e. The van der Waals surface area contributed by atoms with Gasteiger partial charge in [0, 0.05) is 18.6 Å². The summed E-state index contributed by atoms with van der Waals surface area (Å²) in [4.78, 5) is 15.2. The van der Waals surface area contributed by atoms with Gasteiger partial charge in [-0.3, -0.25) is 4.79 Å². The maximum atomic E-state index is 12.6. The molecule has 5 heteroatoms. The Kier molecular flexibility index (Phi) is 4.24. The number of hydrogen-bond acceptors (Lipinski definition) is 4. The van der Waals surface area contributed by atoms with E-state index >= 15 is 0 Å². The molecule has 0 radical (unpaired) electrons. The second-order valence-electron chi connectivity index (χ2n) is 4.74. The third-order valence-corrected chi connectivity index (χ3v) is 4.34. The van der Waals surface area contributed by atoms with Gasteiger partial charge >= 0.3 is 0 Å². The molecule has 0 bridgehead atoms. The van der Waals surface area contributed by atoms with Gasteiger partial charge in [-0.15, -0.1) is 11.3 Å². The maximum Gasteiger partial charge on any atom is 0.268 e. The van der Waals surface area contributed by atoms with E-state index in [0.717, 1.165) is 25.8 Å². The van der Waals surface area contributed by atoms with Crippen molar-refractivity contribution in [1.82, 2.24) is 4.90 Å². The number of carbonyl (C=O) groups excluding carboxylic acids is 1. The highest BCUT2D eigenvalue weighted by molar-refractivity contribution is 7.12. The zero-order valence-corrected chi connectivity index (χ0v) is 11.7. The number of methoxy groups -OCH3 is 1. The molecule has 1 aromatic rings. The first-order valence-electron chi connectivity index (χ1n) is 6.33. The van der Waals surface area contributed by atoms with Gasteiger partial charge in [0.25, 0.3) is 5.91 Å². The number of rotatable bonds is 3. The number of thiophene rings is 1. The zero-order chi connectivity index (χ0) is 13.1. The second kappa shape index (κ2) is 5.71. The van der Waals surface area contributed by atoms with E-state index in [9.17, 15) is 4.79 Å². The Bertz CT molecular complexity index is 417. The predicted octanol–water partition coefficient (Wildman–Crippen LogP) is 2.10. The van der Waals surface area contributed by atoms with E-state index < -0.39 is 0 Å². The van der Waals surface area contributed by atoms with E-state index in [2.05, 4.69) is 0 Å². The molecular weight excluding hydrogens is 248 g/mol. The van der Waals surface area contributed by atoms with Crippen molar-refractivity contribution in [2.24, 2.45) is 5.73 Å². The molecule has 0 aromatic carbocycles. The maximum absolute atomic E-state index is 12.6. The lowest BCUT2D eigenvalue weighted by atomic mass is 9.97. The summed E-state index contributed by atoms with van der Waals surface area (Å²) < 4.78 is 5.22. The Labute approximate surface area is 112 Å². The van der Waals surface area contributed by atoms with Crippen molar-refractivity contribution >= 4 is 17.2 Å². The third-order valence-electron chi connectivity index (χ3n) is 3.46. The molecule has 4 nitrogen and oxygen atoms in total. The highest BCUT2D eigenvalue weighted by atomic mass is 32.1. The molecule has 0 unspecified atom stereocenters. The summed E-state index contributed by atoms with van der Waals surface area (Å²) in [6.45, 7) is 2.77. The van der Waals surface area contributed by atoms with Crippen molar-refractivity contribution in [2.45, 2.75) is 38.3 Å². The molecule has 0 saturated carbocycles. The van der Waals surface area contributed by atoms with Crippen LogP contribution in [0.4, 0.5) is 0 Å². The number of piperidine rings is 1. The van der Waals surface area contributed by atoms with E-state index in [-0.39, 0.29) is 18.0 Å². The lowest BCUT2D eigenvalue weighted by Crippen LogP contribution is -2.51. The van der Waals surface area contributed by atoms with Gasteiger partial charge < -0.3 is 15.4 Å². The number of nitrogens with two attached hydrogens (primary N) is 1. The van der Waals surface area contributed by atoms with Crippen LogP contribution in [0.1, 0.15) is 35.9 Å². The van der Waals surface area contributed by atoms with Gasteiger partial charge in [-0.05, 0) is 37.6 Å². The molecule has 1 aliphatic rings. The van der Waals surface area contributed by atoms with Gasteiger partial charge in [0.2, 0.25) is 0 Å². The van der Waals surface area contributed by atoms with Crippen LogP contribution in [0.3, 0.4) is 0 Å². The van der Waals surface area contributed by atoms with Crippen LogP contribution in [0.15, 0.2) is 11.4 Å². The first kappa shape index (κ1) is 13.4. The van der Waals surface area contributed by atoms with Crippen molar-refractivity contribution < 1.29 is 9.53 Å². The summed E-state index contributed by atoms with van der Waals surface area (Å²) in [6, 6.07) is 2.00. The quantitative estimate of drug-likeness (QED) is 0.913. The van der Waals surface area contributed by atoms with Crippen LogP contribution in [0.2, 0.25) is 0 Å². The Hall–Kier alpha value is -1.07. The molecule has 2 rings (SSSR count). The number of carbonyl (C=O) groups is 1. The summed E-state index contributed by atoms with van der Waals surface area (Å²) in [6.07, 6.45) is 3.21. The highest BCUT2D eigenvalue weighted by Gasteiger charge is 2.31. The summed E-state index contributed by atoms with van der Waals surface area (Å²) >= 11 is 1.43. The van der Waals surface area contributed by atoms with Crippen LogP contribution in [-0.4, -0.2) is 36.5 Å². The SMILES string of the molecule is COc1ccsc1C(=O)N1CCCC[C@@H]1[C@@H](C)N. The van der Waals surface area contributed by atoms with Gasteiger partial charge in [0.1, 0.15) is 10.6 Å². The molecule has 1 aliphatic heterocycles. The monoisotopic (exact) mass is 268 g/mol. The fourth-order valence-corrected chi connectivity index (χ4v) is 3.31. The number of ether oxygens (including phenoxy) is 1. The van der Waals surface area contributed by atoms with Crippen molar-refractivity contribution in [1.29, 1.82) is 0 Å². The average molecular weight is 268 g/mol. The van der Waals surface area contributed by atoms with Crippen LogP contribution in [0.25, 0.3) is 0 Å². The van der Waals surface area contributed by atoms with Crippen molar-refractivity contribution in [3.8, 4) is 5.75 Å². The molecule has 1 amide bonds. The van der Waals surface area contributed by atoms with Gasteiger partial charge in [-0.25, -0.2) is 0 Å². The van der Waals surface area contributed by atoms with Gasteiger partial charge in [0.05, 0.1) is 7.11 Å². The van der Waals surface area contributed by atoms with E-state index in [0.29, 0.717) is 10.6 Å². The molecule has 2 N–H and O–H groups in total. The molecule has 0 aliphatic carbocycles. The molecule has 1 aromatic heterocycles. The molecule has 2 atom stereocenters. The first-order valence-corrected chi connectivity index (χ1v) is 7.21. The van der Waals surface area contributed by atoms with Gasteiger partial charge in [-0.2, -0.15) is 0 Å². The van der Waals surface area contributed by atoms with E-state index in [4.69, 9.17) is 10.5 Å². The fraction of sp³-hybridized carbons (Fsp3) is 0.615. The molecule has 1 fully saturated rings. The minimum atomic E-state index is 0.0141. The largest absolute Gasteiger partial charge is 0.495 e. The Balaban J connectivity index is 2.21. The van der Waals surface area contributed by atoms with Crippen molar-refractivity contribution in [3.05, 3.63) is 16.3 Å². The van der Waals surface area contributed by atoms with Crippen LogP contribution in [0.5, 0.6) is 5.75 Å². The number of nitrogens with zero attached hydrogens (tertiary/aromatic N) is 1. The van der Waals surface area contributed by atoms with Crippen LogP contribution in [-0.2, 0) is 0 Å². The van der Waals surface area contributed by atoms with Crippen LogP contribution < -0.4 is 10.5 Å². The molecule has 1 saturated heterocycles. The predicted molar refractivity (Wildman–Crippen MR) is 73.2 cm³/mol. The Morgan fingerprint density at radius 2 is 2.39 bits per heavy atom. The highest BCUT2D eigenvalue weighted by Crippen LogP contribution is 2.29. The molecule has 100 valence electrons. The molecule has 2 heterocycles. The normalized spacial score (nSPS) is 21.7. The van der Waals surface area contributed by atoms with Crippen LogP contribution >= 0.6 is 11.3 Å².